The quantitative estimate of drug-likeness (QED) is 0.0174. The van der Waals surface area contributed by atoms with Crippen molar-refractivity contribution in [3.8, 4) is 0 Å². The van der Waals surface area contributed by atoms with Gasteiger partial charge in [0.25, 0.3) is 0 Å². The molecule has 0 aliphatic heterocycles. The van der Waals surface area contributed by atoms with E-state index in [4.69, 9.17) is 38.1 Å². The predicted octanol–water partition coefficient (Wildman–Crippen LogP) is 12.1. The SMILES string of the molecule is O=CN(C[C@H](OCc1ccccc1)[C@H](OCc1ccccc1)[C@@H](CI)OCc1ccccc1)OCc1ccccc1.O=CN(C[C@H](OCc1ccccc1)[C@H](OCc1ccccc1)[C@@H](CO)OCc1ccccc1)OCc1ccccc1. The lowest BCUT2D eigenvalue weighted by Gasteiger charge is -2.34. The highest BCUT2D eigenvalue weighted by atomic mass is 127. The average molecular weight is 1220 g/mol. The van der Waals surface area contributed by atoms with Gasteiger partial charge in [-0.2, -0.15) is 0 Å². The Morgan fingerprint density at radius 1 is 0.317 bits per heavy atom. The molecule has 8 aromatic rings. The van der Waals surface area contributed by atoms with Gasteiger partial charge in [-0.1, -0.05) is 265 Å². The Hall–Kier alpha value is -6.93. The Morgan fingerprint density at radius 2 is 0.537 bits per heavy atom. The van der Waals surface area contributed by atoms with Crippen LogP contribution >= 0.6 is 22.6 Å². The zero-order valence-electron chi connectivity index (χ0n) is 46.0. The minimum absolute atomic E-state index is 0.0633. The van der Waals surface area contributed by atoms with E-state index in [0.717, 1.165) is 44.5 Å². The van der Waals surface area contributed by atoms with Crippen LogP contribution in [0, 0.1) is 0 Å². The molecule has 0 aromatic heterocycles. The topological polar surface area (TPSA) is 135 Å². The molecule has 1 N–H and O–H groups in total. The standard InChI is InChI=1S/C34H36INO5.C34H37NO6/c35-21-32(38-23-28-13-5-1-6-14-28)34(40-25-30-17-9-3-10-18-30)33(39-24-29-15-7-2-8-16-29)22-36(27-37)41-26-31-19-11-4-12-20-31;36-22-33(39-24-29-15-7-2-8-16-29)34(40-25-30-17-9-3-10-18-30)32(38-23-28-13-5-1-6-14-28)21-35(27-37)41-26-31-19-11-4-12-20-31/h1-20,27,32-34H,21-26H2;1-20,27,32-34,36H,21-26H2/t2*32-,33+,34-/m10/s1. The van der Waals surface area contributed by atoms with Crippen molar-refractivity contribution in [2.45, 2.75) is 89.5 Å². The summed E-state index contributed by atoms with van der Waals surface area (Å²) >= 11 is 2.33. The number of hydrogen-bond donors (Lipinski definition) is 1. The number of hydroxylamine groups is 4. The molecule has 8 aromatic carbocycles. The Kier molecular flexibility index (Phi) is 28.4. The van der Waals surface area contributed by atoms with Crippen LogP contribution in [0.2, 0.25) is 0 Å². The van der Waals surface area contributed by atoms with Gasteiger partial charge in [0.15, 0.2) is 0 Å². The van der Waals surface area contributed by atoms with Crippen molar-refractivity contribution in [2.24, 2.45) is 0 Å². The number of amides is 2. The van der Waals surface area contributed by atoms with Gasteiger partial charge in [-0.15, -0.1) is 0 Å². The molecule has 0 fully saturated rings. The lowest BCUT2D eigenvalue weighted by atomic mass is 10.1. The molecule has 13 nitrogen and oxygen atoms in total. The highest BCUT2D eigenvalue weighted by molar-refractivity contribution is 14.1. The largest absolute Gasteiger partial charge is 0.394 e. The Labute approximate surface area is 496 Å². The third-order valence-corrected chi connectivity index (χ3v) is 13.9. The van der Waals surface area contributed by atoms with Gasteiger partial charge in [-0.3, -0.25) is 19.3 Å². The van der Waals surface area contributed by atoms with Crippen molar-refractivity contribution in [2.75, 3.05) is 24.1 Å². The third-order valence-electron chi connectivity index (χ3n) is 13.0. The van der Waals surface area contributed by atoms with E-state index < -0.39 is 30.5 Å². The number of carbonyl (C=O) groups is 2. The van der Waals surface area contributed by atoms with Gasteiger partial charge in [0.05, 0.1) is 65.4 Å². The smallest absolute Gasteiger partial charge is 0.233 e. The highest BCUT2D eigenvalue weighted by Gasteiger charge is 2.35. The summed E-state index contributed by atoms with van der Waals surface area (Å²) in [4.78, 5) is 36.0. The van der Waals surface area contributed by atoms with Gasteiger partial charge in [-0.05, 0) is 44.5 Å². The van der Waals surface area contributed by atoms with E-state index in [1.165, 1.54) is 10.1 Å². The highest BCUT2D eigenvalue weighted by Crippen LogP contribution is 2.23. The molecule has 0 bridgehead atoms. The van der Waals surface area contributed by atoms with Crippen LogP contribution in [0.3, 0.4) is 0 Å². The fourth-order valence-corrected chi connectivity index (χ4v) is 9.36. The van der Waals surface area contributed by atoms with Gasteiger partial charge in [0.1, 0.15) is 43.7 Å². The predicted molar refractivity (Wildman–Crippen MR) is 324 cm³/mol. The first-order valence-corrected chi connectivity index (χ1v) is 28.9. The van der Waals surface area contributed by atoms with Crippen molar-refractivity contribution in [1.29, 1.82) is 0 Å². The molecule has 0 saturated carbocycles. The number of aliphatic hydroxyl groups is 1. The number of benzene rings is 8. The summed E-state index contributed by atoms with van der Waals surface area (Å²) in [5, 5.41) is 13.0. The van der Waals surface area contributed by atoms with Crippen molar-refractivity contribution < 1.29 is 52.8 Å². The van der Waals surface area contributed by atoms with E-state index in [1.54, 1.807) is 0 Å². The molecule has 0 spiro atoms. The zero-order chi connectivity index (χ0) is 57.1. The molecule has 0 aliphatic carbocycles. The van der Waals surface area contributed by atoms with E-state index in [9.17, 15) is 14.7 Å². The third kappa shape index (κ3) is 22.8. The molecule has 82 heavy (non-hydrogen) atoms. The minimum atomic E-state index is -0.734. The summed E-state index contributed by atoms with van der Waals surface area (Å²) in [5.74, 6) is 0. The van der Waals surface area contributed by atoms with E-state index in [1.807, 2.05) is 243 Å². The summed E-state index contributed by atoms with van der Waals surface area (Å²) in [6, 6.07) is 78.7. The molecule has 0 aliphatic rings. The van der Waals surface area contributed by atoms with Crippen LogP contribution in [-0.4, -0.2) is 88.8 Å². The molecule has 2 amide bonds. The van der Waals surface area contributed by atoms with E-state index >= 15 is 0 Å². The second kappa shape index (κ2) is 37.2. The zero-order valence-corrected chi connectivity index (χ0v) is 48.2. The number of alkyl halides is 1. The first-order chi connectivity index (χ1) is 40.5. The summed E-state index contributed by atoms with van der Waals surface area (Å²) in [6.45, 7) is 2.42. The van der Waals surface area contributed by atoms with Crippen LogP contribution < -0.4 is 0 Å². The molecule has 0 unspecified atom stereocenters. The second-order valence-electron chi connectivity index (χ2n) is 19.1. The van der Waals surface area contributed by atoms with E-state index in [2.05, 4.69) is 22.6 Å². The normalized spacial score (nSPS) is 13.3. The van der Waals surface area contributed by atoms with Crippen LogP contribution in [0.5, 0.6) is 0 Å². The second-order valence-corrected chi connectivity index (χ2v) is 20.0. The maximum Gasteiger partial charge on any atom is 0.233 e. The number of carbonyl (C=O) groups excluding carboxylic acids is 2. The summed E-state index contributed by atoms with van der Waals surface area (Å²) in [7, 11) is 0. The maximum absolute atomic E-state index is 12.2. The Morgan fingerprint density at radius 3 is 0.780 bits per heavy atom. The molecule has 0 radical (unpaired) electrons. The van der Waals surface area contributed by atoms with Crippen molar-refractivity contribution >= 4 is 35.4 Å². The number of rotatable bonds is 36. The van der Waals surface area contributed by atoms with Gasteiger partial charge in [0.2, 0.25) is 12.8 Å². The number of ether oxygens (including phenoxy) is 6. The monoisotopic (exact) mass is 1220 g/mol. The Balaban J connectivity index is 0.000000236. The number of halogens is 1. The van der Waals surface area contributed by atoms with Crippen LogP contribution in [0.25, 0.3) is 0 Å². The molecule has 0 heterocycles. The minimum Gasteiger partial charge on any atom is -0.394 e. The fourth-order valence-electron chi connectivity index (χ4n) is 8.60. The van der Waals surface area contributed by atoms with Crippen LogP contribution in [0.1, 0.15) is 44.5 Å². The molecule has 14 heteroatoms. The average Bonchev–Trinajstić information content (AvgIpc) is 3.61. The summed E-state index contributed by atoms with van der Waals surface area (Å²) in [6.07, 6.45) is -2.14. The fraction of sp³-hybridized carbons (Fsp3) is 0.265. The van der Waals surface area contributed by atoms with Crippen LogP contribution in [-0.2, 0) is 101 Å². The van der Waals surface area contributed by atoms with Crippen LogP contribution in [0.4, 0.5) is 0 Å². The molecule has 6 atom stereocenters. The lowest BCUT2D eigenvalue weighted by molar-refractivity contribution is -0.211. The first kappa shape index (κ1) is 62.7. The summed E-state index contributed by atoms with van der Waals surface area (Å²) in [5.41, 5.74) is 7.94. The number of nitrogens with zero attached hydrogens (tertiary/aromatic N) is 2. The molecule has 428 valence electrons. The van der Waals surface area contributed by atoms with Gasteiger partial charge in [0, 0.05) is 4.43 Å². The van der Waals surface area contributed by atoms with Gasteiger partial charge in [-0.25, -0.2) is 10.1 Å². The number of aliphatic hydroxyl groups excluding tert-OH is 1. The Bertz CT molecular complexity index is 2690. The van der Waals surface area contributed by atoms with Gasteiger partial charge >= 0.3 is 0 Å². The molecular formula is C68H73IN2O11. The first-order valence-electron chi connectivity index (χ1n) is 27.4. The van der Waals surface area contributed by atoms with Crippen molar-refractivity contribution in [1.82, 2.24) is 10.1 Å². The molecule has 0 saturated heterocycles. The summed E-state index contributed by atoms with van der Waals surface area (Å²) < 4.78 is 39.2. The maximum atomic E-state index is 12.2. The van der Waals surface area contributed by atoms with Crippen molar-refractivity contribution in [3.05, 3.63) is 287 Å². The van der Waals surface area contributed by atoms with Crippen molar-refractivity contribution in [3.63, 3.8) is 0 Å². The van der Waals surface area contributed by atoms with Crippen LogP contribution in [0.15, 0.2) is 243 Å². The van der Waals surface area contributed by atoms with E-state index in [-0.39, 0.29) is 58.8 Å². The van der Waals surface area contributed by atoms with Gasteiger partial charge < -0.3 is 33.5 Å². The number of hydrogen-bond acceptors (Lipinski definition) is 11. The van der Waals surface area contributed by atoms with E-state index in [0.29, 0.717) is 37.1 Å². The molecular weight excluding hydrogens is 1150 g/mol. The molecule has 8 rings (SSSR count). The lowest BCUT2D eigenvalue weighted by Crippen LogP contribution is -2.49.